The number of aliphatic hydroxyl groups excluding tert-OH is 1. The molecule has 0 unspecified atom stereocenters. The van der Waals surface area contributed by atoms with Crippen molar-refractivity contribution in [2.24, 2.45) is 5.92 Å². The van der Waals surface area contributed by atoms with Gasteiger partial charge < -0.3 is 40.5 Å². The SMILES string of the molecule is CCc1ccc(CC(=O)N[C@@H](Cc2cc(F)cc(F)c2)C(=O)N[C@@H]2C(=O)N3CCC[C@H]3C(=O)N(C)[C@@H]([C@@H](C)O)C(=O)N[C@@H](C)C(=O)N3C[C@H](C)C[C@H]3C(=O)O[C@H]2C)cc1. The summed E-state index contributed by atoms with van der Waals surface area (Å²) >= 11 is 0. The Hall–Kier alpha value is -5.45. The molecule has 0 aliphatic carbocycles. The van der Waals surface area contributed by atoms with Gasteiger partial charge in [-0.1, -0.05) is 38.1 Å². The predicted octanol–water partition coefficient (Wildman–Crippen LogP) is 1.17. The van der Waals surface area contributed by atoms with E-state index in [1.807, 2.05) is 26.0 Å². The molecule has 0 saturated carbocycles. The van der Waals surface area contributed by atoms with Crippen LogP contribution in [0.2, 0.25) is 0 Å². The Morgan fingerprint density at radius 3 is 2.19 bits per heavy atom. The second-order valence-corrected chi connectivity index (χ2v) is 16.0. The van der Waals surface area contributed by atoms with E-state index in [1.54, 1.807) is 12.1 Å². The van der Waals surface area contributed by atoms with Gasteiger partial charge >= 0.3 is 5.97 Å². The number of cyclic esters (lactones) is 1. The molecular formula is C42H54F2N6O9. The Morgan fingerprint density at radius 1 is 0.915 bits per heavy atom. The number of esters is 1. The lowest BCUT2D eigenvalue weighted by atomic mass is 10.0. The average molecular weight is 825 g/mol. The summed E-state index contributed by atoms with van der Waals surface area (Å²) in [6.45, 7) is 8.11. The molecule has 4 N–H and O–H groups in total. The molecule has 9 atom stereocenters. The Labute approximate surface area is 342 Å². The lowest BCUT2D eigenvalue weighted by molar-refractivity contribution is -0.163. The van der Waals surface area contributed by atoms with E-state index in [0.717, 1.165) is 29.0 Å². The van der Waals surface area contributed by atoms with Crippen molar-refractivity contribution in [1.29, 1.82) is 0 Å². The van der Waals surface area contributed by atoms with Crippen molar-refractivity contribution in [3.63, 3.8) is 0 Å². The minimum absolute atomic E-state index is 0.0262. The van der Waals surface area contributed by atoms with E-state index in [2.05, 4.69) is 16.0 Å². The van der Waals surface area contributed by atoms with E-state index < -0.39 is 108 Å². The molecule has 2 aromatic rings. The second-order valence-electron chi connectivity index (χ2n) is 16.0. The van der Waals surface area contributed by atoms with Crippen LogP contribution in [0, 0.1) is 17.6 Å². The monoisotopic (exact) mass is 824 g/mol. The number of aliphatic hydroxyl groups is 1. The molecule has 3 aliphatic rings. The molecule has 3 aliphatic heterocycles. The van der Waals surface area contributed by atoms with Gasteiger partial charge in [-0.25, -0.2) is 13.6 Å². The Kier molecular flexibility index (Phi) is 14.4. The number of fused-ring (bicyclic) bond motifs is 2. The van der Waals surface area contributed by atoms with Crippen LogP contribution in [-0.2, 0) is 57.6 Å². The van der Waals surface area contributed by atoms with Crippen LogP contribution in [0.1, 0.15) is 70.6 Å². The fourth-order valence-corrected chi connectivity index (χ4v) is 8.14. The number of halogens is 2. The molecule has 5 rings (SSSR count). The van der Waals surface area contributed by atoms with Crippen molar-refractivity contribution in [3.05, 3.63) is 70.8 Å². The first-order valence-corrected chi connectivity index (χ1v) is 20.1. The highest BCUT2D eigenvalue weighted by atomic mass is 19.1. The topological polar surface area (TPSA) is 195 Å². The number of amides is 6. The number of nitrogens with zero attached hydrogens (tertiary/aromatic N) is 3. The van der Waals surface area contributed by atoms with Crippen LogP contribution in [0.4, 0.5) is 8.78 Å². The Bertz CT molecular complexity index is 1910. The summed E-state index contributed by atoms with van der Waals surface area (Å²) in [7, 11) is 1.30. The number of hydrogen-bond acceptors (Lipinski definition) is 9. The fourth-order valence-electron chi connectivity index (χ4n) is 8.14. The third-order valence-corrected chi connectivity index (χ3v) is 11.3. The first-order valence-electron chi connectivity index (χ1n) is 20.1. The zero-order valence-corrected chi connectivity index (χ0v) is 34.2. The number of carbonyl (C=O) groups is 7. The van der Waals surface area contributed by atoms with Gasteiger partial charge in [0, 0.05) is 32.6 Å². The number of nitrogens with one attached hydrogen (secondary N) is 3. The third-order valence-electron chi connectivity index (χ3n) is 11.3. The molecule has 15 nitrogen and oxygen atoms in total. The molecule has 2 aromatic carbocycles. The normalized spacial score (nSPS) is 26.8. The Balaban J connectivity index is 1.51. The van der Waals surface area contributed by atoms with Gasteiger partial charge in [-0.3, -0.25) is 28.8 Å². The zero-order valence-electron chi connectivity index (χ0n) is 34.2. The molecule has 0 aromatic heterocycles. The molecule has 59 heavy (non-hydrogen) atoms. The summed E-state index contributed by atoms with van der Waals surface area (Å²) in [6, 6.07) is 1.88. The van der Waals surface area contributed by atoms with Crippen molar-refractivity contribution >= 4 is 41.4 Å². The van der Waals surface area contributed by atoms with Gasteiger partial charge in [0.25, 0.3) is 0 Å². The van der Waals surface area contributed by atoms with Crippen molar-refractivity contribution in [3.8, 4) is 0 Å². The van der Waals surface area contributed by atoms with Crippen LogP contribution in [0.3, 0.4) is 0 Å². The standard InChI is InChI=1S/C42H54F2N6O9/c1-7-26-10-12-27(13-11-26)19-34(52)46-31(18-28-16-29(43)20-30(44)17-28)37(53)47-35-25(5)59-42(58)33-15-22(2)21-50(33)39(55)23(3)45-38(54)36(24(4)51)48(6)40(56)32-9-8-14-49(32)41(35)57/h10-13,16-17,20,22-25,31-33,35-36,51H,7-9,14-15,18-19,21H2,1-6H3,(H,45,54)(H,46,52)(H,47,53)/t22-,23+,24-,25+,31+,32+,33+,35+,36+/m1/s1. The molecule has 0 radical (unpaired) electrons. The largest absolute Gasteiger partial charge is 0.458 e. The van der Waals surface area contributed by atoms with E-state index in [4.69, 9.17) is 4.74 Å². The van der Waals surface area contributed by atoms with Gasteiger partial charge in [0.15, 0.2) is 0 Å². The molecule has 6 amide bonds. The first-order chi connectivity index (χ1) is 27.9. The maximum Gasteiger partial charge on any atom is 0.329 e. The highest BCUT2D eigenvalue weighted by Gasteiger charge is 2.47. The number of benzene rings is 2. The summed E-state index contributed by atoms with van der Waals surface area (Å²) in [5.74, 6) is -7.38. The van der Waals surface area contributed by atoms with Crippen LogP contribution < -0.4 is 16.0 Å². The molecule has 3 heterocycles. The molecule has 3 saturated heterocycles. The summed E-state index contributed by atoms with van der Waals surface area (Å²) in [5, 5.41) is 18.5. The molecule has 3 fully saturated rings. The van der Waals surface area contributed by atoms with Gasteiger partial charge in [-0.2, -0.15) is 0 Å². The molecular weight excluding hydrogens is 770 g/mol. The van der Waals surface area contributed by atoms with Crippen LogP contribution in [0.25, 0.3) is 0 Å². The van der Waals surface area contributed by atoms with E-state index in [-0.39, 0.29) is 43.8 Å². The van der Waals surface area contributed by atoms with Crippen LogP contribution in [-0.4, -0.2) is 130 Å². The van der Waals surface area contributed by atoms with Gasteiger partial charge in [0.2, 0.25) is 35.4 Å². The van der Waals surface area contributed by atoms with Crippen LogP contribution in [0.15, 0.2) is 42.5 Å². The van der Waals surface area contributed by atoms with Gasteiger partial charge in [0.1, 0.15) is 54.0 Å². The van der Waals surface area contributed by atoms with Crippen molar-refractivity contribution in [2.45, 2.75) is 122 Å². The van der Waals surface area contributed by atoms with Gasteiger partial charge in [-0.05, 0) is 81.2 Å². The van der Waals surface area contributed by atoms with Gasteiger partial charge in [0.05, 0.1) is 12.5 Å². The van der Waals surface area contributed by atoms with Crippen molar-refractivity contribution in [1.82, 2.24) is 30.7 Å². The number of hydrogen-bond donors (Lipinski definition) is 4. The molecule has 0 bridgehead atoms. The van der Waals surface area contributed by atoms with Crippen molar-refractivity contribution < 1.29 is 52.2 Å². The summed E-state index contributed by atoms with van der Waals surface area (Å²) < 4.78 is 34.5. The van der Waals surface area contributed by atoms with E-state index in [0.29, 0.717) is 18.1 Å². The number of rotatable bonds is 9. The highest BCUT2D eigenvalue weighted by Crippen LogP contribution is 2.27. The third kappa shape index (κ3) is 10.6. The number of ether oxygens (including phenoxy) is 1. The summed E-state index contributed by atoms with van der Waals surface area (Å²) in [6.07, 6.45) is -1.86. The second kappa shape index (κ2) is 19.1. The van der Waals surface area contributed by atoms with Crippen molar-refractivity contribution in [2.75, 3.05) is 20.1 Å². The molecule has 320 valence electrons. The fraction of sp³-hybridized carbons (Fsp3) is 0.548. The number of likely N-dealkylation sites (N-methyl/N-ethyl adjacent to an activating group) is 1. The smallest absolute Gasteiger partial charge is 0.329 e. The first kappa shape index (κ1) is 44.6. The zero-order chi connectivity index (χ0) is 43.3. The summed E-state index contributed by atoms with van der Waals surface area (Å²) in [4.78, 5) is 101. The number of aryl methyl sites for hydroxylation is 1. The Morgan fingerprint density at radius 2 is 1.56 bits per heavy atom. The maximum atomic E-state index is 14.6. The van der Waals surface area contributed by atoms with E-state index >= 15 is 0 Å². The predicted molar refractivity (Wildman–Crippen MR) is 209 cm³/mol. The van der Waals surface area contributed by atoms with E-state index in [9.17, 15) is 47.4 Å². The minimum atomic E-state index is -1.67. The van der Waals surface area contributed by atoms with Gasteiger partial charge in [-0.15, -0.1) is 0 Å². The quantitative estimate of drug-likeness (QED) is 0.269. The van der Waals surface area contributed by atoms with E-state index in [1.165, 1.54) is 37.6 Å². The summed E-state index contributed by atoms with van der Waals surface area (Å²) in [5.41, 5.74) is 1.71. The number of carbonyl (C=O) groups excluding carboxylic acids is 7. The maximum absolute atomic E-state index is 14.6. The molecule has 0 spiro atoms. The van der Waals surface area contributed by atoms with Crippen LogP contribution in [0.5, 0.6) is 0 Å². The minimum Gasteiger partial charge on any atom is -0.458 e. The lowest BCUT2D eigenvalue weighted by Gasteiger charge is -2.37. The average Bonchev–Trinajstić information content (AvgIpc) is 3.82. The molecule has 17 heteroatoms. The lowest BCUT2D eigenvalue weighted by Crippen LogP contribution is -2.63. The van der Waals surface area contributed by atoms with Crippen LogP contribution >= 0.6 is 0 Å². The highest BCUT2D eigenvalue weighted by molar-refractivity contribution is 5.98.